The maximum atomic E-state index is 12.3. The summed E-state index contributed by atoms with van der Waals surface area (Å²) < 4.78 is 0. The van der Waals surface area contributed by atoms with Gasteiger partial charge in [-0.2, -0.15) is 0 Å². The molecule has 2 amide bonds. The predicted molar refractivity (Wildman–Crippen MR) is 86.3 cm³/mol. The lowest BCUT2D eigenvalue weighted by Gasteiger charge is -2.33. The van der Waals surface area contributed by atoms with Crippen LogP contribution in [0.3, 0.4) is 0 Å². The Bertz CT molecular complexity index is 426. The van der Waals surface area contributed by atoms with Crippen molar-refractivity contribution in [2.45, 2.75) is 40.2 Å². The summed E-state index contributed by atoms with van der Waals surface area (Å²) in [6.45, 7) is 9.24. The largest absolute Gasteiger partial charge is 0.395 e. The fourth-order valence-electron chi connectivity index (χ4n) is 2.19. The highest BCUT2D eigenvalue weighted by Crippen LogP contribution is 2.23. The third kappa shape index (κ3) is 5.76. The molecule has 2 N–H and O–H groups in total. The monoisotopic (exact) mass is 292 g/mol. The van der Waals surface area contributed by atoms with E-state index in [1.165, 1.54) is 5.56 Å². The average Bonchev–Trinajstić information content (AvgIpc) is 2.44. The number of urea groups is 1. The summed E-state index contributed by atoms with van der Waals surface area (Å²) in [6.07, 6.45) is 0.798. The van der Waals surface area contributed by atoms with E-state index in [1.807, 2.05) is 25.1 Å². The van der Waals surface area contributed by atoms with E-state index in [-0.39, 0.29) is 24.1 Å². The smallest absolute Gasteiger partial charge is 0.317 e. The van der Waals surface area contributed by atoms with Gasteiger partial charge >= 0.3 is 6.03 Å². The van der Waals surface area contributed by atoms with E-state index in [2.05, 4.69) is 38.2 Å². The van der Waals surface area contributed by atoms with E-state index in [0.717, 1.165) is 6.42 Å². The lowest BCUT2D eigenvalue weighted by atomic mass is 9.83. The van der Waals surface area contributed by atoms with Gasteiger partial charge < -0.3 is 15.3 Å². The zero-order valence-electron chi connectivity index (χ0n) is 13.6. The lowest BCUT2D eigenvalue weighted by Crippen LogP contribution is -2.51. The van der Waals surface area contributed by atoms with Gasteiger partial charge in [0.2, 0.25) is 0 Å². The first kappa shape index (κ1) is 17.5. The molecule has 1 atom stereocenters. The van der Waals surface area contributed by atoms with Gasteiger partial charge in [0.25, 0.3) is 0 Å². The molecule has 4 heteroatoms. The molecule has 1 rings (SSSR count). The number of carbonyl (C=O) groups excluding carboxylic acids is 1. The molecular formula is C17H28N2O2. The third-order valence-corrected chi connectivity index (χ3v) is 3.66. The number of nitrogens with one attached hydrogen (secondary N) is 1. The van der Waals surface area contributed by atoms with Crippen molar-refractivity contribution in [1.82, 2.24) is 10.2 Å². The van der Waals surface area contributed by atoms with Crippen LogP contribution in [0.1, 0.15) is 33.3 Å². The van der Waals surface area contributed by atoms with Gasteiger partial charge in [0.15, 0.2) is 0 Å². The molecule has 0 bridgehead atoms. The molecule has 21 heavy (non-hydrogen) atoms. The molecule has 1 aromatic carbocycles. The molecule has 0 aliphatic carbocycles. The maximum Gasteiger partial charge on any atom is 0.317 e. The molecule has 118 valence electrons. The second-order valence-corrected chi connectivity index (χ2v) is 6.36. The Kier molecular flexibility index (Phi) is 6.69. The molecule has 0 fully saturated rings. The van der Waals surface area contributed by atoms with Gasteiger partial charge in [-0.3, -0.25) is 0 Å². The molecule has 1 unspecified atom stereocenters. The molecule has 1 aromatic rings. The maximum absolute atomic E-state index is 12.3. The van der Waals surface area contributed by atoms with Crippen molar-refractivity contribution in [3.8, 4) is 0 Å². The summed E-state index contributed by atoms with van der Waals surface area (Å²) in [7, 11) is 0. The van der Waals surface area contributed by atoms with Gasteiger partial charge in [-0.25, -0.2) is 4.79 Å². The van der Waals surface area contributed by atoms with Gasteiger partial charge in [-0.05, 0) is 24.3 Å². The van der Waals surface area contributed by atoms with Crippen LogP contribution in [0, 0.1) is 5.41 Å². The van der Waals surface area contributed by atoms with Crippen LogP contribution in [-0.4, -0.2) is 41.8 Å². The summed E-state index contributed by atoms with van der Waals surface area (Å²) in [5.74, 6) is 0. The SMILES string of the molecule is CCN(CCO)C(=O)NC(Cc1ccccc1)C(C)(C)C. The Hall–Kier alpha value is -1.55. The minimum atomic E-state index is -0.109. The molecule has 0 aliphatic rings. The summed E-state index contributed by atoms with van der Waals surface area (Å²) >= 11 is 0. The normalized spacial score (nSPS) is 12.8. The first-order chi connectivity index (χ1) is 9.88. The van der Waals surface area contributed by atoms with E-state index in [1.54, 1.807) is 4.90 Å². The zero-order valence-corrected chi connectivity index (χ0v) is 13.6. The van der Waals surface area contributed by atoms with Crippen LogP contribution in [0.25, 0.3) is 0 Å². The average molecular weight is 292 g/mol. The number of benzene rings is 1. The molecule has 0 aromatic heterocycles. The van der Waals surface area contributed by atoms with E-state index < -0.39 is 0 Å². The zero-order chi connectivity index (χ0) is 15.9. The van der Waals surface area contributed by atoms with Crippen LogP contribution in [0.4, 0.5) is 4.79 Å². The van der Waals surface area contributed by atoms with Gasteiger partial charge in [-0.1, -0.05) is 51.1 Å². The number of carbonyl (C=O) groups is 1. The highest BCUT2D eigenvalue weighted by molar-refractivity contribution is 5.74. The van der Waals surface area contributed by atoms with E-state index in [0.29, 0.717) is 13.1 Å². The van der Waals surface area contributed by atoms with Crippen LogP contribution >= 0.6 is 0 Å². The van der Waals surface area contributed by atoms with Gasteiger partial charge in [0.05, 0.1) is 6.61 Å². The van der Waals surface area contributed by atoms with Crippen molar-refractivity contribution in [2.24, 2.45) is 5.41 Å². The lowest BCUT2D eigenvalue weighted by molar-refractivity contribution is 0.166. The van der Waals surface area contributed by atoms with Gasteiger partial charge in [-0.15, -0.1) is 0 Å². The number of hydrogen-bond acceptors (Lipinski definition) is 2. The molecule has 4 nitrogen and oxygen atoms in total. The Morgan fingerprint density at radius 1 is 1.29 bits per heavy atom. The van der Waals surface area contributed by atoms with Crippen molar-refractivity contribution >= 4 is 6.03 Å². The van der Waals surface area contributed by atoms with Gasteiger partial charge in [0.1, 0.15) is 0 Å². The van der Waals surface area contributed by atoms with Crippen molar-refractivity contribution in [1.29, 1.82) is 0 Å². The van der Waals surface area contributed by atoms with Crippen molar-refractivity contribution in [3.05, 3.63) is 35.9 Å². The first-order valence-corrected chi connectivity index (χ1v) is 7.58. The fourth-order valence-corrected chi connectivity index (χ4v) is 2.19. The number of amides is 2. The number of nitrogens with zero attached hydrogens (tertiary/aromatic N) is 1. The predicted octanol–water partition coefficient (Wildman–Crippen LogP) is 2.67. The van der Waals surface area contributed by atoms with E-state index in [9.17, 15) is 4.79 Å². The highest BCUT2D eigenvalue weighted by Gasteiger charge is 2.27. The third-order valence-electron chi connectivity index (χ3n) is 3.66. The highest BCUT2D eigenvalue weighted by atomic mass is 16.3. The molecule has 0 saturated heterocycles. The second-order valence-electron chi connectivity index (χ2n) is 6.36. The number of aliphatic hydroxyl groups excluding tert-OH is 1. The second kappa shape index (κ2) is 8.03. The number of hydrogen-bond donors (Lipinski definition) is 2. The number of rotatable bonds is 6. The summed E-state index contributed by atoms with van der Waals surface area (Å²) in [6, 6.07) is 10.1. The summed E-state index contributed by atoms with van der Waals surface area (Å²) in [5.41, 5.74) is 1.17. The molecule has 0 heterocycles. The molecule has 0 radical (unpaired) electrons. The number of likely N-dealkylation sites (N-methyl/N-ethyl adjacent to an activating group) is 1. The number of aliphatic hydroxyl groups is 1. The molecule has 0 saturated carbocycles. The Balaban J connectivity index is 2.77. The molecule has 0 spiro atoms. The van der Waals surface area contributed by atoms with Crippen LogP contribution in [-0.2, 0) is 6.42 Å². The standard InChI is InChI=1S/C17H28N2O2/c1-5-19(11-12-20)16(21)18-15(17(2,3)4)13-14-9-7-6-8-10-14/h6-10,15,20H,5,11-13H2,1-4H3,(H,18,21). The van der Waals surface area contributed by atoms with Crippen LogP contribution in [0.2, 0.25) is 0 Å². The Labute approximate surface area is 128 Å². The van der Waals surface area contributed by atoms with Crippen molar-refractivity contribution < 1.29 is 9.90 Å². The van der Waals surface area contributed by atoms with Gasteiger partial charge in [0, 0.05) is 19.1 Å². The minimum absolute atomic E-state index is 0.0138. The Morgan fingerprint density at radius 2 is 1.90 bits per heavy atom. The minimum Gasteiger partial charge on any atom is -0.395 e. The van der Waals surface area contributed by atoms with Crippen LogP contribution < -0.4 is 5.32 Å². The first-order valence-electron chi connectivity index (χ1n) is 7.58. The van der Waals surface area contributed by atoms with E-state index in [4.69, 9.17) is 5.11 Å². The quantitative estimate of drug-likeness (QED) is 0.847. The van der Waals surface area contributed by atoms with Crippen LogP contribution in [0.15, 0.2) is 30.3 Å². The molecular weight excluding hydrogens is 264 g/mol. The Morgan fingerprint density at radius 3 is 2.38 bits per heavy atom. The summed E-state index contributed by atoms with van der Waals surface area (Å²) in [4.78, 5) is 13.9. The van der Waals surface area contributed by atoms with Crippen molar-refractivity contribution in [3.63, 3.8) is 0 Å². The molecule has 0 aliphatic heterocycles. The van der Waals surface area contributed by atoms with Crippen molar-refractivity contribution in [2.75, 3.05) is 19.7 Å². The fraction of sp³-hybridized carbons (Fsp3) is 0.588. The summed E-state index contributed by atoms with van der Waals surface area (Å²) in [5, 5.41) is 12.1. The van der Waals surface area contributed by atoms with Crippen LogP contribution in [0.5, 0.6) is 0 Å². The topological polar surface area (TPSA) is 52.6 Å². The van der Waals surface area contributed by atoms with E-state index >= 15 is 0 Å².